The smallest absolute Gasteiger partial charge is 0.319 e. The van der Waals surface area contributed by atoms with Crippen molar-refractivity contribution >= 4 is 35.1 Å². The summed E-state index contributed by atoms with van der Waals surface area (Å²) in [6, 6.07) is 11.5. The minimum Gasteiger partial charge on any atom is -0.319 e. The lowest BCUT2D eigenvalue weighted by Gasteiger charge is -2.25. The van der Waals surface area contributed by atoms with E-state index in [4.69, 9.17) is 11.6 Å². The van der Waals surface area contributed by atoms with Crippen LogP contribution < -0.4 is 10.2 Å². The van der Waals surface area contributed by atoms with Crippen molar-refractivity contribution in [1.82, 2.24) is 10.2 Å². The van der Waals surface area contributed by atoms with Gasteiger partial charge in [-0.3, -0.25) is 14.5 Å². The number of hydrogen-bond donors (Lipinski definition) is 1. The summed E-state index contributed by atoms with van der Waals surface area (Å²) in [5, 5.41) is 2.97. The summed E-state index contributed by atoms with van der Waals surface area (Å²) in [6.07, 6.45) is 0. The van der Waals surface area contributed by atoms with E-state index in [1.807, 2.05) is 0 Å². The molecule has 1 aliphatic heterocycles. The van der Waals surface area contributed by atoms with Gasteiger partial charge in [0.2, 0.25) is 5.91 Å². The van der Waals surface area contributed by atoms with Crippen molar-refractivity contribution in [3.05, 3.63) is 64.9 Å². The monoisotopic (exact) mass is 403 g/mol. The first-order valence-corrected chi connectivity index (χ1v) is 9.10. The third kappa shape index (κ3) is 3.45. The third-order valence-corrected chi connectivity index (χ3v) is 5.07. The number of halogens is 2. The van der Waals surface area contributed by atoms with E-state index < -0.39 is 35.7 Å². The highest BCUT2D eigenvalue weighted by molar-refractivity contribution is 6.32. The summed E-state index contributed by atoms with van der Waals surface area (Å²) in [4.78, 5) is 40.4. The average Bonchev–Trinajstić information content (AvgIpc) is 2.88. The zero-order valence-corrected chi connectivity index (χ0v) is 16.2. The molecule has 1 aliphatic rings. The maximum absolute atomic E-state index is 13.1. The molecular formula is C20H19ClFN3O3. The second kappa shape index (κ2) is 7.59. The molecule has 0 bridgehead atoms. The number of nitrogens with zero attached hydrogens (tertiary/aromatic N) is 2. The Hall–Kier alpha value is -2.93. The van der Waals surface area contributed by atoms with E-state index in [-0.39, 0.29) is 0 Å². The number of amides is 4. The molecule has 2 aromatic carbocycles. The Kier molecular flexibility index (Phi) is 5.38. The molecule has 1 heterocycles. The van der Waals surface area contributed by atoms with E-state index in [1.165, 1.54) is 29.2 Å². The van der Waals surface area contributed by atoms with Crippen LogP contribution in [0, 0.1) is 5.82 Å². The number of nitrogens with one attached hydrogen (secondary N) is 1. The first kappa shape index (κ1) is 19.8. The largest absolute Gasteiger partial charge is 0.325 e. The second-order valence-electron chi connectivity index (χ2n) is 6.54. The molecular weight excluding hydrogens is 385 g/mol. The van der Waals surface area contributed by atoms with Gasteiger partial charge in [-0.15, -0.1) is 0 Å². The van der Waals surface area contributed by atoms with Gasteiger partial charge >= 0.3 is 6.03 Å². The van der Waals surface area contributed by atoms with Crippen LogP contribution >= 0.6 is 11.6 Å². The van der Waals surface area contributed by atoms with Crippen molar-refractivity contribution in [1.29, 1.82) is 0 Å². The molecule has 146 valence electrons. The zero-order chi connectivity index (χ0) is 20.5. The van der Waals surface area contributed by atoms with E-state index in [1.54, 1.807) is 38.1 Å². The number of hydrogen-bond acceptors (Lipinski definition) is 3. The molecule has 1 N–H and O–H groups in total. The van der Waals surface area contributed by atoms with Crippen LogP contribution in [0.15, 0.2) is 48.5 Å². The van der Waals surface area contributed by atoms with Crippen LogP contribution in [0.5, 0.6) is 0 Å². The molecule has 6 nitrogen and oxygen atoms in total. The number of likely N-dealkylation sites (N-methyl/N-ethyl adjacent to an activating group) is 1. The van der Waals surface area contributed by atoms with Gasteiger partial charge in [0.15, 0.2) is 0 Å². The van der Waals surface area contributed by atoms with Crippen LogP contribution in [-0.4, -0.2) is 35.8 Å². The van der Waals surface area contributed by atoms with Crippen LogP contribution in [0.2, 0.25) is 5.02 Å². The Morgan fingerprint density at radius 1 is 1.18 bits per heavy atom. The van der Waals surface area contributed by atoms with Crippen molar-refractivity contribution in [3.63, 3.8) is 0 Å². The minimum absolute atomic E-state index is 0.301. The molecule has 8 heteroatoms. The van der Waals surface area contributed by atoms with E-state index in [0.717, 1.165) is 4.90 Å². The number of carbonyl (C=O) groups is 3. The molecule has 1 saturated heterocycles. The Morgan fingerprint density at radius 2 is 1.82 bits per heavy atom. The van der Waals surface area contributed by atoms with Crippen LogP contribution in [0.4, 0.5) is 14.9 Å². The van der Waals surface area contributed by atoms with Gasteiger partial charge in [0, 0.05) is 22.8 Å². The third-order valence-electron chi connectivity index (χ3n) is 4.74. The predicted octanol–water partition coefficient (Wildman–Crippen LogP) is 3.30. The van der Waals surface area contributed by atoms with Gasteiger partial charge in [-0.25, -0.2) is 9.18 Å². The molecule has 0 aromatic heterocycles. The molecule has 0 aliphatic carbocycles. The lowest BCUT2D eigenvalue weighted by Crippen LogP contribution is -2.44. The van der Waals surface area contributed by atoms with Crippen molar-refractivity contribution in [2.45, 2.75) is 19.4 Å². The minimum atomic E-state index is -1.36. The number of anilines is 1. The second-order valence-corrected chi connectivity index (χ2v) is 6.95. The molecule has 1 atom stereocenters. The molecule has 28 heavy (non-hydrogen) atoms. The Morgan fingerprint density at radius 3 is 2.43 bits per heavy atom. The Labute approximate surface area is 166 Å². The van der Waals surface area contributed by atoms with Crippen molar-refractivity contribution in [2.24, 2.45) is 0 Å². The number of urea groups is 1. The van der Waals surface area contributed by atoms with Crippen LogP contribution in [0.25, 0.3) is 0 Å². The highest BCUT2D eigenvalue weighted by Gasteiger charge is 2.50. The Bertz CT molecular complexity index is 935. The fourth-order valence-corrected chi connectivity index (χ4v) is 3.56. The van der Waals surface area contributed by atoms with Gasteiger partial charge in [-0.2, -0.15) is 0 Å². The van der Waals surface area contributed by atoms with Crippen molar-refractivity contribution in [2.75, 3.05) is 18.0 Å². The lowest BCUT2D eigenvalue weighted by atomic mass is 9.92. The summed E-state index contributed by atoms with van der Waals surface area (Å²) in [6.45, 7) is 3.17. The van der Waals surface area contributed by atoms with Gasteiger partial charge < -0.3 is 10.2 Å². The summed E-state index contributed by atoms with van der Waals surface area (Å²) in [5.74, 6) is -1.44. The standard InChI is InChI=1S/C20H19ClFN3O3/c1-3-24(14-10-8-13(22)9-11-14)17(26)12-25-18(27)20(2,23-19(25)28)15-6-4-5-7-16(15)21/h4-11H,3,12H2,1-2H3,(H,23,28)/t20-/m0/s1. The summed E-state index contributed by atoms with van der Waals surface area (Å²) < 4.78 is 13.1. The molecule has 0 spiro atoms. The fourth-order valence-electron chi connectivity index (χ4n) is 3.23. The van der Waals surface area contributed by atoms with Crippen molar-refractivity contribution < 1.29 is 18.8 Å². The van der Waals surface area contributed by atoms with E-state index in [2.05, 4.69) is 5.32 Å². The molecule has 3 rings (SSSR count). The maximum Gasteiger partial charge on any atom is 0.325 e. The first-order valence-electron chi connectivity index (χ1n) is 8.73. The zero-order valence-electron chi connectivity index (χ0n) is 15.4. The lowest BCUT2D eigenvalue weighted by molar-refractivity contribution is -0.134. The van der Waals surface area contributed by atoms with E-state index >= 15 is 0 Å². The topological polar surface area (TPSA) is 69.7 Å². The van der Waals surface area contributed by atoms with Gasteiger partial charge in [-0.05, 0) is 44.2 Å². The van der Waals surface area contributed by atoms with Crippen molar-refractivity contribution in [3.8, 4) is 0 Å². The van der Waals surface area contributed by atoms with Crippen LogP contribution in [0.3, 0.4) is 0 Å². The molecule has 1 fully saturated rings. The van der Waals surface area contributed by atoms with Gasteiger partial charge in [0.1, 0.15) is 17.9 Å². The molecule has 0 radical (unpaired) electrons. The number of imide groups is 1. The predicted molar refractivity (Wildman–Crippen MR) is 103 cm³/mol. The molecule has 4 amide bonds. The summed E-state index contributed by atoms with van der Waals surface area (Å²) in [5.41, 5.74) is -0.423. The quantitative estimate of drug-likeness (QED) is 0.779. The van der Waals surface area contributed by atoms with E-state index in [9.17, 15) is 18.8 Å². The van der Waals surface area contributed by atoms with Gasteiger partial charge in [0.25, 0.3) is 5.91 Å². The summed E-state index contributed by atoms with van der Waals surface area (Å²) in [7, 11) is 0. The number of carbonyl (C=O) groups excluding carboxylic acids is 3. The SMILES string of the molecule is CCN(C(=O)CN1C(=O)N[C@@](C)(c2ccccc2Cl)C1=O)c1ccc(F)cc1. The van der Waals surface area contributed by atoms with E-state index in [0.29, 0.717) is 22.8 Å². The fraction of sp³-hybridized carbons (Fsp3) is 0.250. The van der Waals surface area contributed by atoms with Crippen LogP contribution in [0.1, 0.15) is 19.4 Å². The highest BCUT2D eigenvalue weighted by Crippen LogP contribution is 2.33. The first-order chi connectivity index (χ1) is 13.3. The van der Waals surface area contributed by atoms with Gasteiger partial charge in [0.05, 0.1) is 0 Å². The number of benzene rings is 2. The van der Waals surface area contributed by atoms with Gasteiger partial charge in [-0.1, -0.05) is 29.8 Å². The highest BCUT2D eigenvalue weighted by atomic mass is 35.5. The Balaban J connectivity index is 1.83. The molecule has 2 aromatic rings. The maximum atomic E-state index is 13.1. The van der Waals surface area contributed by atoms with Crippen LogP contribution in [-0.2, 0) is 15.1 Å². The summed E-state index contributed by atoms with van der Waals surface area (Å²) >= 11 is 6.20. The average molecular weight is 404 g/mol. The molecule has 0 unspecified atom stereocenters. The normalized spacial score (nSPS) is 18.9. The molecule has 0 saturated carbocycles. The number of rotatable bonds is 5.